The third-order valence-corrected chi connectivity index (χ3v) is 3.55. The first-order valence-electron chi connectivity index (χ1n) is 6.23. The van der Waals surface area contributed by atoms with Crippen LogP contribution in [0.5, 0.6) is 0 Å². The minimum absolute atomic E-state index is 0.0246. The molecule has 0 spiro atoms. The second-order valence-electron chi connectivity index (χ2n) is 6.27. The number of hydrogen-bond acceptors (Lipinski definition) is 2. The zero-order valence-corrected chi connectivity index (χ0v) is 11.0. The van der Waals surface area contributed by atoms with Crippen molar-refractivity contribution in [3.05, 3.63) is 35.4 Å². The van der Waals surface area contributed by atoms with Gasteiger partial charge in [-0.15, -0.1) is 0 Å². The van der Waals surface area contributed by atoms with Crippen molar-refractivity contribution in [2.75, 3.05) is 19.8 Å². The van der Waals surface area contributed by atoms with Gasteiger partial charge in [0, 0.05) is 5.41 Å². The maximum Gasteiger partial charge on any atom is 0.0570 e. The van der Waals surface area contributed by atoms with Gasteiger partial charge in [0.15, 0.2) is 0 Å². The standard InChI is InChI=1S/C15H22O2/c1-14(2,3)13-6-4-12(5-7-13)8-15(9-16)10-17-11-15/h4-7,16H,8-11H2,1-3H3. The lowest BCUT2D eigenvalue weighted by Gasteiger charge is -2.40. The van der Waals surface area contributed by atoms with E-state index in [0.29, 0.717) is 13.2 Å². The average molecular weight is 234 g/mol. The summed E-state index contributed by atoms with van der Waals surface area (Å²) in [5.74, 6) is 0. The molecular formula is C15H22O2. The van der Waals surface area contributed by atoms with Crippen LogP contribution in [0, 0.1) is 5.41 Å². The van der Waals surface area contributed by atoms with Crippen LogP contribution in [-0.4, -0.2) is 24.9 Å². The molecule has 1 aromatic rings. The SMILES string of the molecule is CC(C)(C)c1ccc(CC2(CO)COC2)cc1. The molecule has 1 aromatic carbocycles. The summed E-state index contributed by atoms with van der Waals surface area (Å²) >= 11 is 0. The van der Waals surface area contributed by atoms with Crippen LogP contribution >= 0.6 is 0 Å². The first-order chi connectivity index (χ1) is 7.95. The second-order valence-corrected chi connectivity index (χ2v) is 6.27. The molecule has 0 aromatic heterocycles. The highest BCUT2D eigenvalue weighted by Gasteiger charge is 2.37. The lowest BCUT2D eigenvalue weighted by Crippen LogP contribution is -2.47. The molecule has 1 aliphatic rings. The summed E-state index contributed by atoms with van der Waals surface area (Å²) in [5.41, 5.74) is 2.82. The predicted molar refractivity (Wildman–Crippen MR) is 69.2 cm³/mol. The molecule has 0 unspecified atom stereocenters. The maximum atomic E-state index is 9.40. The molecule has 94 valence electrons. The molecule has 0 atom stereocenters. The van der Waals surface area contributed by atoms with Gasteiger partial charge in [-0.25, -0.2) is 0 Å². The monoisotopic (exact) mass is 234 g/mol. The zero-order chi connectivity index (χ0) is 12.5. The van der Waals surface area contributed by atoms with Crippen LogP contribution in [0.1, 0.15) is 31.9 Å². The van der Waals surface area contributed by atoms with E-state index in [4.69, 9.17) is 4.74 Å². The third kappa shape index (κ3) is 2.70. The van der Waals surface area contributed by atoms with Crippen molar-refractivity contribution in [2.24, 2.45) is 5.41 Å². The normalized spacial score (nSPS) is 18.8. The van der Waals surface area contributed by atoms with Gasteiger partial charge in [0.1, 0.15) is 0 Å². The van der Waals surface area contributed by atoms with Crippen molar-refractivity contribution < 1.29 is 9.84 Å². The molecule has 0 aliphatic carbocycles. The molecule has 2 rings (SSSR count). The highest BCUT2D eigenvalue weighted by molar-refractivity contribution is 5.28. The fraction of sp³-hybridized carbons (Fsp3) is 0.600. The summed E-state index contributed by atoms with van der Waals surface area (Å²) in [5, 5.41) is 9.40. The Labute approximate surface area is 104 Å². The molecule has 1 fully saturated rings. The van der Waals surface area contributed by atoms with Crippen LogP contribution in [0.4, 0.5) is 0 Å². The average Bonchev–Trinajstić information content (AvgIpc) is 2.23. The summed E-state index contributed by atoms with van der Waals surface area (Å²) in [6, 6.07) is 8.74. The summed E-state index contributed by atoms with van der Waals surface area (Å²) in [7, 11) is 0. The van der Waals surface area contributed by atoms with E-state index in [2.05, 4.69) is 45.0 Å². The van der Waals surface area contributed by atoms with Crippen LogP contribution in [0.15, 0.2) is 24.3 Å². The lowest BCUT2D eigenvalue weighted by molar-refractivity contribution is -0.136. The number of aliphatic hydroxyl groups is 1. The van der Waals surface area contributed by atoms with Crippen LogP contribution in [-0.2, 0) is 16.6 Å². The summed E-state index contributed by atoms with van der Waals surface area (Å²) < 4.78 is 5.22. The topological polar surface area (TPSA) is 29.5 Å². The molecule has 1 saturated heterocycles. The van der Waals surface area contributed by atoms with E-state index in [9.17, 15) is 5.11 Å². The van der Waals surface area contributed by atoms with Gasteiger partial charge in [0.05, 0.1) is 19.8 Å². The number of aliphatic hydroxyl groups excluding tert-OH is 1. The highest BCUT2D eigenvalue weighted by atomic mass is 16.5. The van der Waals surface area contributed by atoms with Crippen LogP contribution in [0.3, 0.4) is 0 Å². The summed E-state index contributed by atoms with van der Waals surface area (Å²) in [6.07, 6.45) is 0.911. The Morgan fingerprint density at radius 1 is 1.18 bits per heavy atom. The molecular weight excluding hydrogens is 212 g/mol. The first kappa shape index (κ1) is 12.6. The van der Waals surface area contributed by atoms with Crippen molar-refractivity contribution in [3.63, 3.8) is 0 Å². The Balaban J connectivity index is 2.08. The van der Waals surface area contributed by atoms with E-state index in [1.807, 2.05) is 0 Å². The van der Waals surface area contributed by atoms with E-state index in [1.54, 1.807) is 0 Å². The van der Waals surface area contributed by atoms with Gasteiger partial charge >= 0.3 is 0 Å². The zero-order valence-electron chi connectivity index (χ0n) is 11.0. The molecule has 1 heterocycles. The first-order valence-corrected chi connectivity index (χ1v) is 6.23. The van der Waals surface area contributed by atoms with E-state index in [-0.39, 0.29) is 17.4 Å². The smallest absolute Gasteiger partial charge is 0.0570 e. The second kappa shape index (κ2) is 4.43. The van der Waals surface area contributed by atoms with Crippen molar-refractivity contribution in [2.45, 2.75) is 32.6 Å². The van der Waals surface area contributed by atoms with Crippen LogP contribution in [0.25, 0.3) is 0 Å². The number of ether oxygens (including phenoxy) is 1. The van der Waals surface area contributed by atoms with Gasteiger partial charge in [0.25, 0.3) is 0 Å². The minimum Gasteiger partial charge on any atom is -0.396 e. The molecule has 0 saturated carbocycles. The van der Waals surface area contributed by atoms with Gasteiger partial charge in [-0.1, -0.05) is 45.0 Å². The minimum atomic E-state index is -0.0246. The van der Waals surface area contributed by atoms with E-state index in [1.165, 1.54) is 11.1 Å². The van der Waals surface area contributed by atoms with Crippen molar-refractivity contribution in [3.8, 4) is 0 Å². The molecule has 0 radical (unpaired) electrons. The Morgan fingerprint density at radius 3 is 2.12 bits per heavy atom. The Morgan fingerprint density at radius 2 is 1.76 bits per heavy atom. The number of rotatable bonds is 3. The molecule has 1 aliphatic heterocycles. The van der Waals surface area contributed by atoms with Crippen LogP contribution in [0.2, 0.25) is 0 Å². The van der Waals surface area contributed by atoms with Crippen molar-refractivity contribution >= 4 is 0 Å². The lowest BCUT2D eigenvalue weighted by atomic mass is 9.79. The Hall–Kier alpha value is -0.860. The van der Waals surface area contributed by atoms with Gasteiger partial charge in [-0.3, -0.25) is 0 Å². The molecule has 17 heavy (non-hydrogen) atoms. The molecule has 0 bridgehead atoms. The Bertz CT molecular complexity index is 363. The van der Waals surface area contributed by atoms with E-state index < -0.39 is 0 Å². The molecule has 2 heteroatoms. The van der Waals surface area contributed by atoms with Crippen molar-refractivity contribution in [1.29, 1.82) is 0 Å². The quantitative estimate of drug-likeness (QED) is 0.871. The van der Waals surface area contributed by atoms with E-state index >= 15 is 0 Å². The van der Waals surface area contributed by atoms with Gasteiger partial charge in [-0.2, -0.15) is 0 Å². The fourth-order valence-corrected chi connectivity index (χ4v) is 2.20. The molecule has 0 amide bonds. The maximum absolute atomic E-state index is 9.40. The summed E-state index contributed by atoms with van der Waals surface area (Å²) in [4.78, 5) is 0. The van der Waals surface area contributed by atoms with Crippen molar-refractivity contribution in [1.82, 2.24) is 0 Å². The largest absolute Gasteiger partial charge is 0.396 e. The number of benzene rings is 1. The molecule has 1 N–H and O–H groups in total. The van der Waals surface area contributed by atoms with Gasteiger partial charge in [-0.05, 0) is 23.0 Å². The number of hydrogen-bond donors (Lipinski definition) is 1. The third-order valence-electron chi connectivity index (χ3n) is 3.55. The van der Waals surface area contributed by atoms with E-state index in [0.717, 1.165) is 6.42 Å². The molecule has 2 nitrogen and oxygen atoms in total. The predicted octanol–water partition coefficient (Wildman–Crippen LogP) is 2.54. The fourth-order valence-electron chi connectivity index (χ4n) is 2.20. The summed E-state index contributed by atoms with van der Waals surface area (Å²) in [6.45, 7) is 8.24. The Kier molecular flexibility index (Phi) is 3.28. The van der Waals surface area contributed by atoms with Gasteiger partial charge < -0.3 is 9.84 Å². The highest BCUT2D eigenvalue weighted by Crippen LogP contribution is 2.32. The van der Waals surface area contributed by atoms with Crippen LogP contribution < -0.4 is 0 Å². The van der Waals surface area contributed by atoms with Gasteiger partial charge in [0.2, 0.25) is 0 Å².